The van der Waals surface area contributed by atoms with Gasteiger partial charge in [0, 0.05) is 23.6 Å². The zero-order valence-electron chi connectivity index (χ0n) is 11.6. The second-order valence-electron chi connectivity index (χ2n) is 5.56. The minimum Gasteiger partial charge on any atom is -0.396 e. The molecule has 110 valence electrons. The fourth-order valence-corrected chi connectivity index (χ4v) is 2.48. The zero-order chi connectivity index (χ0) is 15.0. The molecule has 1 aromatic rings. The minimum absolute atomic E-state index is 0.116. The summed E-state index contributed by atoms with van der Waals surface area (Å²) in [6, 6.07) is 4.22. The molecular weight excluding hydrogens is 263 g/mol. The van der Waals surface area contributed by atoms with Crippen LogP contribution in [0.1, 0.15) is 19.4 Å². The Morgan fingerprint density at radius 3 is 2.85 bits per heavy atom. The van der Waals surface area contributed by atoms with Crippen LogP contribution in [0.15, 0.2) is 18.2 Å². The smallest absolute Gasteiger partial charge is 0.221 e. The van der Waals surface area contributed by atoms with Crippen LogP contribution in [0.3, 0.4) is 0 Å². The number of amides is 1. The van der Waals surface area contributed by atoms with Gasteiger partial charge in [0.2, 0.25) is 5.91 Å². The maximum atomic E-state index is 14.2. The van der Waals surface area contributed by atoms with Gasteiger partial charge in [0.05, 0.1) is 25.4 Å². The average molecular weight is 282 g/mol. The first-order valence-corrected chi connectivity index (χ1v) is 6.37. The van der Waals surface area contributed by atoms with Crippen LogP contribution in [0.25, 0.3) is 0 Å². The van der Waals surface area contributed by atoms with Gasteiger partial charge >= 0.3 is 0 Å². The lowest BCUT2D eigenvalue weighted by molar-refractivity contribution is -0.114. The maximum Gasteiger partial charge on any atom is 0.221 e. The lowest BCUT2D eigenvalue weighted by atomic mass is 9.70. The summed E-state index contributed by atoms with van der Waals surface area (Å²) in [6.45, 7) is 3.28. The molecule has 0 spiro atoms. The minimum atomic E-state index is -1.14. The van der Waals surface area contributed by atoms with Gasteiger partial charge in [-0.25, -0.2) is 4.39 Å². The summed E-state index contributed by atoms with van der Waals surface area (Å²) in [5.41, 5.74) is 5.12. The summed E-state index contributed by atoms with van der Waals surface area (Å²) in [7, 11) is 0. The molecule has 1 aliphatic rings. The molecule has 0 unspecified atom stereocenters. The van der Waals surface area contributed by atoms with Crippen molar-refractivity contribution in [2.24, 2.45) is 11.1 Å². The number of carbonyl (C=O) groups is 1. The van der Waals surface area contributed by atoms with Crippen molar-refractivity contribution in [2.75, 3.05) is 25.1 Å². The fraction of sp³-hybridized carbons (Fsp3) is 0.500. The van der Waals surface area contributed by atoms with Crippen LogP contribution in [0.4, 0.5) is 10.1 Å². The first-order chi connectivity index (χ1) is 9.32. The summed E-state index contributed by atoms with van der Waals surface area (Å²) in [5.74, 6) is -0.729. The van der Waals surface area contributed by atoms with Crippen LogP contribution in [0.5, 0.6) is 0 Å². The average Bonchev–Trinajstić information content (AvgIpc) is 2.69. The van der Waals surface area contributed by atoms with Crippen molar-refractivity contribution >= 4 is 11.6 Å². The third-order valence-corrected chi connectivity index (χ3v) is 3.94. The van der Waals surface area contributed by atoms with Crippen molar-refractivity contribution in [3.05, 3.63) is 29.6 Å². The van der Waals surface area contributed by atoms with Crippen molar-refractivity contribution in [1.29, 1.82) is 0 Å². The maximum absolute atomic E-state index is 14.2. The van der Waals surface area contributed by atoms with E-state index >= 15 is 0 Å². The second-order valence-corrected chi connectivity index (χ2v) is 5.56. The number of nitrogens with one attached hydrogen (secondary N) is 1. The quantitative estimate of drug-likeness (QED) is 0.771. The predicted molar refractivity (Wildman–Crippen MR) is 72.6 cm³/mol. The van der Waals surface area contributed by atoms with Crippen molar-refractivity contribution in [2.45, 2.75) is 19.4 Å². The molecule has 1 aliphatic heterocycles. The molecule has 2 rings (SSSR count). The van der Waals surface area contributed by atoms with E-state index in [-0.39, 0.29) is 31.3 Å². The van der Waals surface area contributed by atoms with Gasteiger partial charge in [-0.3, -0.25) is 4.79 Å². The Hall–Kier alpha value is -1.50. The van der Waals surface area contributed by atoms with Crippen LogP contribution in [0, 0.1) is 11.2 Å². The highest BCUT2D eigenvalue weighted by molar-refractivity contribution is 5.88. The van der Waals surface area contributed by atoms with Gasteiger partial charge in [-0.2, -0.15) is 0 Å². The third-order valence-electron chi connectivity index (χ3n) is 3.94. The lowest BCUT2D eigenvalue weighted by Gasteiger charge is -2.38. The molecule has 1 heterocycles. The standard InChI is InChI=1S/C14H19FN2O3/c1-9(19)17-10-3-4-12(15)11(5-10)14(16)8-20-7-13(14,2)6-18/h3-5,18H,6-8,16H2,1-2H3,(H,17,19)/t13-,14-/m1/s1. The molecule has 6 heteroatoms. The van der Waals surface area contributed by atoms with Crippen LogP contribution in [-0.2, 0) is 15.1 Å². The van der Waals surface area contributed by atoms with E-state index in [2.05, 4.69) is 5.32 Å². The molecule has 0 saturated carbocycles. The Balaban J connectivity index is 2.48. The number of nitrogens with two attached hydrogens (primary N) is 1. The van der Waals surface area contributed by atoms with E-state index in [0.717, 1.165) is 0 Å². The van der Waals surface area contributed by atoms with Gasteiger partial charge in [0.15, 0.2) is 0 Å². The molecule has 0 radical (unpaired) electrons. The van der Waals surface area contributed by atoms with E-state index in [1.807, 2.05) is 0 Å². The second kappa shape index (κ2) is 5.12. The van der Waals surface area contributed by atoms with E-state index in [0.29, 0.717) is 5.69 Å². The SMILES string of the molecule is CC(=O)Nc1ccc(F)c([C@]2(N)COC[C@@]2(C)CO)c1. The molecule has 1 fully saturated rings. The number of anilines is 1. The van der Waals surface area contributed by atoms with E-state index in [1.54, 1.807) is 6.92 Å². The highest BCUT2D eigenvalue weighted by atomic mass is 19.1. The van der Waals surface area contributed by atoms with Gasteiger partial charge in [-0.1, -0.05) is 6.92 Å². The predicted octanol–water partition coefficient (Wildman–Crippen LogP) is 0.967. The number of rotatable bonds is 3. The van der Waals surface area contributed by atoms with Crippen LogP contribution < -0.4 is 11.1 Å². The topological polar surface area (TPSA) is 84.6 Å². The number of hydrogen-bond acceptors (Lipinski definition) is 4. The summed E-state index contributed by atoms with van der Waals surface area (Å²) < 4.78 is 19.5. The Morgan fingerprint density at radius 2 is 2.25 bits per heavy atom. The lowest BCUT2D eigenvalue weighted by Crippen LogP contribution is -2.53. The Labute approximate surface area is 116 Å². The molecule has 1 aromatic carbocycles. The first-order valence-electron chi connectivity index (χ1n) is 6.37. The van der Waals surface area contributed by atoms with Gasteiger partial charge in [0.1, 0.15) is 5.82 Å². The van der Waals surface area contributed by atoms with Gasteiger partial charge in [-0.05, 0) is 18.2 Å². The summed E-state index contributed by atoms with van der Waals surface area (Å²) >= 11 is 0. The van der Waals surface area contributed by atoms with Crippen LogP contribution >= 0.6 is 0 Å². The highest BCUT2D eigenvalue weighted by Gasteiger charge is 2.52. The molecular formula is C14H19FN2O3. The fourth-order valence-electron chi connectivity index (χ4n) is 2.48. The molecule has 0 aliphatic carbocycles. The van der Waals surface area contributed by atoms with Gasteiger partial charge in [0.25, 0.3) is 0 Å². The number of carbonyl (C=O) groups excluding carboxylic acids is 1. The van der Waals surface area contributed by atoms with Gasteiger partial charge in [-0.15, -0.1) is 0 Å². The van der Waals surface area contributed by atoms with Crippen LogP contribution in [0.2, 0.25) is 0 Å². The molecule has 20 heavy (non-hydrogen) atoms. The molecule has 2 atom stereocenters. The largest absolute Gasteiger partial charge is 0.396 e. The number of benzene rings is 1. The Morgan fingerprint density at radius 1 is 1.55 bits per heavy atom. The molecule has 1 amide bonds. The molecule has 0 bridgehead atoms. The van der Waals surface area contributed by atoms with Crippen molar-refractivity contribution in [3.8, 4) is 0 Å². The Kier molecular flexibility index (Phi) is 3.82. The Bertz CT molecular complexity index is 537. The van der Waals surface area contributed by atoms with Crippen molar-refractivity contribution < 1.29 is 19.0 Å². The number of aliphatic hydroxyl groups excluding tert-OH is 1. The zero-order valence-corrected chi connectivity index (χ0v) is 11.6. The van der Waals surface area contributed by atoms with Gasteiger partial charge < -0.3 is 20.9 Å². The molecule has 5 nitrogen and oxygen atoms in total. The third kappa shape index (κ3) is 2.30. The molecule has 1 saturated heterocycles. The summed E-state index contributed by atoms with van der Waals surface area (Å²) in [4.78, 5) is 11.1. The van der Waals surface area contributed by atoms with E-state index in [9.17, 15) is 14.3 Å². The number of halogens is 1. The van der Waals surface area contributed by atoms with E-state index in [4.69, 9.17) is 10.5 Å². The highest BCUT2D eigenvalue weighted by Crippen LogP contribution is 2.44. The van der Waals surface area contributed by atoms with E-state index in [1.165, 1.54) is 25.1 Å². The number of ether oxygens (including phenoxy) is 1. The number of hydrogen-bond donors (Lipinski definition) is 3. The van der Waals surface area contributed by atoms with Crippen molar-refractivity contribution in [3.63, 3.8) is 0 Å². The summed E-state index contributed by atoms with van der Waals surface area (Å²) in [5, 5.41) is 12.2. The molecule has 4 N–H and O–H groups in total. The van der Waals surface area contributed by atoms with Crippen molar-refractivity contribution in [1.82, 2.24) is 0 Å². The molecule has 0 aromatic heterocycles. The summed E-state index contributed by atoms with van der Waals surface area (Å²) in [6.07, 6.45) is 0. The monoisotopic (exact) mass is 282 g/mol. The first kappa shape index (κ1) is 14.9. The normalized spacial score (nSPS) is 29.4. The van der Waals surface area contributed by atoms with Crippen LogP contribution in [-0.4, -0.2) is 30.8 Å². The van der Waals surface area contributed by atoms with E-state index < -0.39 is 16.8 Å². The number of aliphatic hydroxyl groups is 1.